The summed E-state index contributed by atoms with van der Waals surface area (Å²) in [5, 5.41) is 9.27. The maximum atomic E-state index is 13.8. The van der Waals surface area contributed by atoms with E-state index in [4.69, 9.17) is 4.52 Å². The minimum Gasteiger partial charge on any atom is -0.360 e. The minimum absolute atomic E-state index is 0.239. The number of aromatic nitrogens is 1. The molecule has 8 nitrogen and oxygen atoms in total. The van der Waals surface area contributed by atoms with Crippen LogP contribution in [0.1, 0.15) is 34.1 Å². The van der Waals surface area contributed by atoms with Gasteiger partial charge in [-0.25, -0.2) is 0 Å². The summed E-state index contributed by atoms with van der Waals surface area (Å²) >= 11 is 0. The Balaban J connectivity index is 1.70. The summed E-state index contributed by atoms with van der Waals surface area (Å²) in [6, 6.07) is 24.9. The molecule has 1 unspecified atom stereocenters. The number of rotatable bonds is 9. The van der Waals surface area contributed by atoms with Crippen molar-refractivity contribution in [3.05, 3.63) is 125 Å². The molecule has 0 spiro atoms. The quantitative estimate of drug-likeness (QED) is 0.295. The molecule has 1 heterocycles. The number of anilines is 2. The molecule has 0 radical (unpaired) electrons. The van der Waals surface area contributed by atoms with Crippen LogP contribution >= 0.6 is 0 Å². The second kappa shape index (κ2) is 12.5. The molecule has 3 aromatic carbocycles. The van der Waals surface area contributed by atoms with E-state index in [1.165, 1.54) is 4.90 Å². The van der Waals surface area contributed by atoms with Gasteiger partial charge >= 0.3 is 0 Å². The summed E-state index contributed by atoms with van der Waals surface area (Å²) in [6.07, 6.45) is 2.28. The number of carbonyl (C=O) groups excluding carboxylic acids is 3. The van der Waals surface area contributed by atoms with Crippen LogP contribution in [0.3, 0.4) is 0 Å². The van der Waals surface area contributed by atoms with Gasteiger partial charge in [-0.05, 0) is 49.1 Å². The molecule has 4 rings (SSSR count). The molecule has 39 heavy (non-hydrogen) atoms. The van der Waals surface area contributed by atoms with Crippen molar-refractivity contribution in [3.63, 3.8) is 0 Å². The number of aryl methyl sites for hydroxylation is 3. The number of amides is 3. The number of nitrogens with one attached hydrogen (secondary N) is 2. The van der Waals surface area contributed by atoms with E-state index < -0.39 is 17.9 Å². The van der Waals surface area contributed by atoms with Crippen LogP contribution < -0.4 is 15.5 Å². The van der Waals surface area contributed by atoms with Gasteiger partial charge in [0.05, 0.1) is 0 Å². The van der Waals surface area contributed by atoms with Crippen molar-refractivity contribution < 1.29 is 18.9 Å². The number of carbonyl (C=O) groups is 3. The summed E-state index contributed by atoms with van der Waals surface area (Å²) in [6.45, 7) is 5.80. The summed E-state index contributed by atoms with van der Waals surface area (Å²) in [5.41, 5.74) is 3.87. The van der Waals surface area contributed by atoms with Gasteiger partial charge in [0.2, 0.25) is 11.8 Å². The van der Waals surface area contributed by atoms with E-state index in [0.29, 0.717) is 23.6 Å². The molecule has 0 bridgehead atoms. The van der Waals surface area contributed by atoms with Crippen LogP contribution in [0.4, 0.5) is 11.5 Å². The molecule has 0 fully saturated rings. The van der Waals surface area contributed by atoms with Gasteiger partial charge in [0.1, 0.15) is 11.8 Å². The second-order valence-corrected chi connectivity index (χ2v) is 9.16. The molecule has 2 N–H and O–H groups in total. The highest BCUT2D eigenvalue weighted by Gasteiger charge is 2.32. The van der Waals surface area contributed by atoms with Crippen molar-refractivity contribution in [1.29, 1.82) is 0 Å². The maximum Gasteiger partial charge on any atom is 0.252 e. The number of benzene rings is 3. The number of hydrogen-bond acceptors (Lipinski definition) is 5. The third kappa shape index (κ3) is 7.07. The lowest BCUT2D eigenvalue weighted by atomic mass is 10.0. The van der Waals surface area contributed by atoms with E-state index in [9.17, 15) is 14.4 Å². The SMILES string of the molecule is Cc1ccc(C)c(N(C(=O)C=CC(=O)Nc2cc(C)on2)C(C(=O)NCc2ccccc2)c2ccccc2)c1. The van der Waals surface area contributed by atoms with Crippen molar-refractivity contribution in [2.75, 3.05) is 10.2 Å². The highest BCUT2D eigenvalue weighted by atomic mass is 16.5. The van der Waals surface area contributed by atoms with Crippen molar-refractivity contribution >= 4 is 29.2 Å². The van der Waals surface area contributed by atoms with Gasteiger partial charge in [0.15, 0.2) is 5.82 Å². The van der Waals surface area contributed by atoms with E-state index in [2.05, 4.69) is 15.8 Å². The molecule has 4 aromatic rings. The van der Waals surface area contributed by atoms with Crippen LogP contribution in [0, 0.1) is 20.8 Å². The Kier molecular flexibility index (Phi) is 8.68. The van der Waals surface area contributed by atoms with Gasteiger partial charge in [-0.3, -0.25) is 19.3 Å². The van der Waals surface area contributed by atoms with Crippen molar-refractivity contribution in [3.8, 4) is 0 Å². The zero-order valence-corrected chi connectivity index (χ0v) is 22.0. The lowest BCUT2D eigenvalue weighted by Crippen LogP contribution is -2.43. The molecule has 8 heteroatoms. The maximum absolute atomic E-state index is 13.8. The zero-order chi connectivity index (χ0) is 27.8. The Hall–Kier alpha value is -4.98. The third-order valence-corrected chi connectivity index (χ3v) is 6.05. The van der Waals surface area contributed by atoms with Crippen LogP contribution in [0.2, 0.25) is 0 Å². The van der Waals surface area contributed by atoms with Crippen molar-refractivity contribution in [2.45, 2.75) is 33.4 Å². The van der Waals surface area contributed by atoms with Crippen LogP contribution in [0.5, 0.6) is 0 Å². The van der Waals surface area contributed by atoms with Crippen molar-refractivity contribution in [2.24, 2.45) is 0 Å². The van der Waals surface area contributed by atoms with E-state index in [-0.39, 0.29) is 11.7 Å². The van der Waals surface area contributed by atoms with E-state index >= 15 is 0 Å². The lowest BCUT2D eigenvalue weighted by Gasteiger charge is -2.32. The molecule has 1 atom stereocenters. The fourth-order valence-electron chi connectivity index (χ4n) is 4.12. The van der Waals surface area contributed by atoms with Crippen LogP contribution in [0.15, 0.2) is 102 Å². The highest BCUT2D eigenvalue weighted by Crippen LogP contribution is 2.31. The summed E-state index contributed by atoms with van der Waals surface area (Å²) in [5.74, 6) is -0.654. The van der Waals surface area contributed by atoms with Gasteiger partial charge in [-0.1, -0.05) is 78.0 Å². The van der Waals surface area contributed by atoms with Gasteiger partial charge in [0, 0.05) is 30.5 Å². The predicted octanol–water partition coefficient (Wildman–Crippen LogP) is 5.19. The average molecular weight is 523 g/mol. The molecule has 0 aliphatic carbocycles. The first-order valence-electron chi connectivity index (χ1n) is 12.5. The zero-order valence-electron chi connectivity index (χ0n) is 22.0. The first-order valence-corrected chi connectivity index (χ1v) is 12.5. The predicted molar refractivity (Wildman–Crippen MR) is 150 cm³/mol. The molecular formula is C31H30N4O4. The second-order valence-electron chi connectivity index (χ2n) is 9.16. The molecule has 0 saturated heterocycles. The Morgan fingerprint density at radius 2 is 1.59 bits per heavy atom. The van der Waals surface area contributed by atoms with Gasteiger partial charge in [0.25, 0.3) is 5.91 Å². The van der Waals surface area contributed by atoms with E-state index in [0.717, 1.165) is 28.8 Å². The Morgan fingerprint density at radius 3 is 2.26 bits per heavy atom. The minimum atomic E-state index is -0.992. The van der Waals surface area contributed by atoms with Gasteiger partial charge in [-0.2, -0.15) is 0 Å². The molecule has 0 aliphatic rings. The van der Waals surface area contributed by atoms with Crippen LogP contribution in [-0.2, 0) is 20.9 Å². The normalized spacial score (nSPS) is 11.7. The Labute approximate surface area is 227 Å². The van der Waals surface area contributed by atoms with E-state index in [1.807, 2.05) is 92.7 Å². The monoisotopic (exact) mass is 522 g/mol. The fraction of sp³-hybridized carbons (Fsp3) is 0.161. The van der Waals surface area contributed by atoms with Gasteiger partial charge in [-0.15, -0.1) is 0 Å². The highest BCUT2D eigenvalue weighted by molar-refractivity contribution is 6.10. The third-order valence-electron chi connectivity index (χ3n) is 6.05. The van der Waals surface area contributed by atoms with Gasteiger partial charge < -0.3 is 15.2 Å². The molecule has 0 saturated carbocycles. The average Bonchev–Trinajstić information content (AvgIpc) is 3.35. The molecule has 1 aromatic heterocycles. The van der Waals surface area contributed by atoms with Crippen LogP contribution in [-0.4, -0.2) is 22.9 Å². The molecule has 3 amide bonds. The standard InChI is InChI=1S/C31H30N4O4/c1-21-14-15-22(2)26(18-21)35(29(37)17-16-28(36)33-27-19-23(3)39-34-27)30(25-12-8-5-9-13-25)31(38)32-20-24-10-6-4-7-11-24/h4-19,30H,20H2,1-3H3,(H,32,38)(H,33,34,36). The Morgan fingerprint density at radius 1 is 0.897 bits per heavy atom. The smallest absolute Gasteiger partial charge is 0.252 e. The summed E-state index contributed by atoms with van der Waals surface area (Å²) in [4.78, 5) is 41.5. The fourth-order valence-corrected chi connectivity index (χ4v) is 4.12. The molecule has 0 aliphatic heterocycles. The first kappa shape index (κ1) is 27.1. The lowest BCUT2D eigenvalue weighted by molar-refractivity contribution is -0.125. The number of hydrogen-bond donors (Lipinski definition) is 2. The van der Waals surface area contributed by atoms with E-state index in [1.54, 1.807) is 13.0 Å². The first-order chi connectivity index (χ1) is 18.8. The summed E-state index contributed by atoms with van der Waals surface area (Å²) in [7, 11) is 0. The molecule has 198 valence electrons. The largest absolute Gasteiger partial charge is 0.360 e. The summed E-state index contributed by atoms with van der Waals surface area (Å²) < 4.78 is 4.96. The molecular weight excluding hydrogens is 492 g/mol. The Bertz CT molecular complexity index is 1480. The van der Waals surface area contributed by atoms with Crippen molar-refractivity contribution in [1.82, 2.24) is 10.5 Å². The number of nitrogens with zero attached hydrogens (tertiary/aromatic N) is 2. The van der Waals surface area contributed by atoms with Crippen LogP contribution in [0.25, 0.3) is 0 Å². The topological polar surface area (TPSA) is 105 Å².